The summed E-state index contributed by atoms with van der Waals surface area (Å²) in [4.78, 5) is 37.3. The zero-order chi connectivity index (χ0) is 21.0. The largest absolute Gasteiger partial charge is 0.486 e. The van der Waals surface area contributed by atoms with Gasteiger partial charge < -0.3 is 25.0 Å². The molecular weight excluding hydrogens is 374 g/mol. The molecular formula is C21H23N3O5. The first kappa shape index (κ1) is 20.2. The van der Waals surface area contributed by atoms with Gasteiger partial charge in [-0.05, 0) is 35.9 Å². The van der Waals surface area contributed by atoms with E-state index in [-0.39, 0.29) is 17.7 Å². The molecule has 0 saturated heterocycles. The summed E-state index contributed by atoms with van der Waals surface area (Å²) < 4.78 is 11.1. The Morgan fingerprint density at radius 2 is 1.48 bits per heavy atom. The van der Waals surface area contributed by atoms with E-state index < -0.39 is 0 Å². The molecule has 2 N–H and O–H groups in total. The van der Waals surface area contributed by atoms with Gasteiger partial charge in [0.15, 0.2) is 11.5 Å². The van der Waals surface area contributed by atoms with Crippen LogP contribution < -0.4 is 20.1 Å². The van der Waals surface area contributed by atoms with Crippen molar-refractivity contribution in [3.8, 4) is 11.5 Å². The third-order valence-electron chi connectivity index (χ3n) is 4.19. The van der Waals surface area contributed by atoms with E-state index in [0.29, 0.717) is 48.2 Å². The summed E-state index contributed by atoms with van der Waals surface area (Å²) >= 11 is 0. The van der Waals surface area contributed by atoms with E-state index in [4.69, 9.17) is 9.47 Å². The topological polar surface area (TPSA) is 97.0 Å². The van der Waals surface area contributed by atoms with Crippen molar-refractivity contribution < 1.29 is 23.9 Å². The van der Waals surface area contributed by atoms with Crippen molar-refractivity contribution >= 4 is 29.1 Å². The highest BCUT2D eigenvalue weighted by Gasteiger charge is 2.17. The molecule has 0 aliphatic carbocycles. The quantitative estimate of drug-likeness (QED) is 0.809. The first-order chi connectivity index (χ1) is 13.8. The highest BCUT2D eigenvalue weighted by molar-refractivity contribution is 5.99. The lowest BCUT2D eigenvalue weighted by molar-refractivity contribution is -0.115. The van der Waals surface area contributed by atoms with Crippen LogP contribution in [0.2, 0.25) is 0 Å². The summed E-state index contributed by atoms with van der Waals surface area (Å²) in [6.07, 6.45) is 0. The molecule has 2 aromatic carbocycles. The van der Waals surface area contributed by atoms with Gasteiger partial charge >= 0.3 is 0 Å². The molecule has 0 bridgehead atoms. The molecule has 0 spiro atoms. The van der Waals surface area contributed by atoms with Crippen molar-refractivity contribution in [1.29, 1.82) is 0 Å². The van der Waals surface area contributed by atoms with Gasteiger partial charge in [0.2, 0.25) is 11.8 Å². The van der Waals surface area contributed by atoms with E-state index in [0.717, 1.165) is 5.56 Å². The number of nitrogens with zero attached hydrogens (tertiary/aromatic N) is 1. The maximum Gasteiger partial charge on any atom is 0.254 e. The Kier molecular flexibility index (Phi) is 6.01. The smallest absolute Gasteiger partial charge is 0.254 e. The van der Waals surface area contributed by atoms with Crippen molar-refractivity contribution in [3.05, 3.63) is 47.5 Å². The SMILES string of the molecule is CC(=O)Nc1cc(NC(C)=O)cc(C(=O)N(C)Cc2ccc3c(c2)OCCO3)c1. The average molecular weight is 397 g/mol. The maximum atomic E-state index is 13.0. The lowest BCUT2D eigenvalue weighted by Gasteiger charge is -2.21. The van der Waals surface area contributed by atoms with Crippen LogP contribution in [0.3, 0.4) is 0 Å². The molecule has 8 heteroatoms. The molecule has 8 nitrogen and oxygen atoms in total. The van der Waals surface area contributed by atoms with E-state index in [9.17, 15) is 14.4 Å². The van der Waals surface area contributed by atoms with Crippen LogP contribution in [0.4, 0.5) is 11.4 Å². The first-order valence-corrected chi connectivity index (χ1v) is 9.16. The molecule has 152 valence electrons. The van der Waals surface area contributed by atoms with Gasteiger partial charge in [0.1, 0.15) is 13.2 Å². The lowest BCUT2D eigenvalue weighted by atomic mass is 10.1. The van der Waals surface area contributed by atoms with E-state index in [1.165, 1.54) is 13.8 Å². The monoisotopic (exact) mass is 397 g/mol. The minimum absolute atomic E-state index is 0.251. The number of nitrogens with one attached hydrogen (secondary N) is 2. The van der Waals surface area contributed by atoms with Gasteiger partial charge in [-0.15, -0.1) is 0 Å². The van der Waals surface area contributed by atoms with E-state index in [2.05, 4.69) is 10.6 Å². The van der Waals surface area contributed by atoms with E-state index >= 15 is 0 Å². The molecule has 0 fully saturated rings. The predicted molar refractivity (Wildman–Crippen MR) is 108 cm³/mol. The van der Waals surface area contributed by atoms with Crippen LogP contribution >= 0.6 is 0 Å². The Morgan fingerprint density at radius 3 is 2.07 bits per heavy atom. The van der Waals surface area contributed by atoms with Crippen LogP contribution in [-0.2, 0) is 16.1 Å². The Balaban J connectivity index is 1.80. The maximum absolute atomic E-state index is 13.0. The number of ether oxygens (including phenoxy) is 2. The number of anilines is 2. The minimum atomic E-state index is -0.270. The van der Waals surface area contributed by atoms with Crippen molar-refractivity contribution in [2.24, 2.45) is 0 Å². The Bertz CT molecular complexity index is 923. The summed E-state index contributed by atoms with van der Waals surface area (Å²) in [6.45, 7) is 4.12. The number of hydrogen-bond donors (Lipinski definition) is 2. The standard InChI is InChI=1S/C21H23N3O5/c1-13(25)22-17-9-16(10-18(11-17)23-14(2)26)21(27)24(3)12-15-4-5-19-20(8-15)29-7-6-28-19/h4-5,8-11H,6-7,12H2,1-3H3,(H,22,25)(H,23,26). The second-order valence-corrected chi connectivity index (χ2v) is 6.80. The lowest BCUT2D eigenvalue weighted by Crippen LogP contribution is -2.26. The Hall–Kier alpha value is -3.55. The number of hydrogen-bond acceptors (Lipinski definition) is 5. The van der Waals surface area contributed by atoms with Crippen LogP contribution in [0.5, 0.6) is 11.5 Å². The average Bonchev–Trinajstić information content (AvgIpc) is 2.66. The van der Waals surface area contributed by atoms with Gasteiger partial charge in [0.05, 0.1) is 0 Å². The summed E-state index contributed by atoms with van der Waals surface area (Å²) in [6, 6.07) is 10.3. The van der Waals surface area contributed by atoms with Gasteiger partial charge in [-0.3, -0.25) is 14.4 Å². The summed E-state index contributed by atoms with van der Waals surface area (Å²) in [5.74, 6) is 0.562. The second kappa shape index (κ2) is 8.64. The second-order valence-electron chi connectivity index (χ2n) is 6.80. The molecule has 0 saturated carbocycles. The molecule has 0 atom stereocenters. The normalized spacial score (nSPS) is 12.1. The minimum Gasteiger partial charge on any atom is -0.486 e. The first-order valence-electron chi connectivity index (χ1n) is 9.16. The van der Waals surface area contributed by atoms with E-state index in [1.54, 1.807) is 30.1 Å². The highest BCUT2D eigenvalue weighted by Crippen LogP contribution is 2.31. The van der Waals surface area contributed by atoms with Gasteiger partial charge in [-0.2, -0.15) is 0 Å². The zero-order valence-electron chi connectivity index (χ0n) is 16.6. The van der Waals surface area contributed by atoms with Gasteiger partial charge in [0.25, 0.3) is 5.91 Å². The molecule has 3 amide bonds. The number of amides is 3. The van der Waals surface area contributed by atoms with Crippen LogP contribution in [-0.4, -0.2) is 42.9 Å². The van der Waals surface area contributed by atoms with Crippen molar-refractivity contribution in [2.45, 2.75) is 20.4 Å². The molecule has 0 aromatic heterocycles. The van der Waals surface area contributed by atoms with Crippen LogP contribution in [0.25, 0.3) is 0 Å². The number of fused-ring (bicyclic) bond motifs is 1. The fourth-order valence-electron chi connectivity index (χ4n) is 3.05. The van der Waals surface area contributed by atoms with Crippen molar-refractivity contribution in [3.63, 3.8) is 0 Å². The Morgan fingerprint density at radius 1 is 0.897 bits per heavy atom. The zero-order valence-corrected chi connectivity index (χ0v) is 16.6. The summed E-state index contributed by atoms with van der Waals surface area (Å²) in [5.41, 5.74) is 2.10. The fraction of sp³-hybridized carbons (Fsp3) is 0.286. The molecule has 2 aromatic rings. The van der Waals surface area contributed by atoms with Gasteiger partial charge in [-0.25, -0.2) is 0 Å². The number of benzene rings is 2. The van der Waals surface area contributed by atoms with Gasteiger partial charge in [-0.1, -0.05) is 6.07 Å². The Labute approximate surface area is 168 Å². The summed E-state index contributed by atoms with van der Waals surface area (Å²) in [7, 11) is 1.68. The fourth-order valence-corrected chi connectivity index (χ4v) is 3.05. The van der Waals surface area contributed by atoms with Crippen LogP contribution in [0.1, 0.15) is 29.8 Å². The molecule has 0 unspecified atom stereocenters. The highest BCUT2D eigenvalue weighted by atomic mass is 16.6. The van der Waals surface area contributed by atoms with Crippen molar-refractivity contribution in [1.82, 2.24) is 4.90 Å². The predicted octanol–water partition coefficient (Wildman–Crippen LogP) is 2.65. The molecule has 1 aliphatic rings. The molecule has 0 radical (unpaired) electrons. The molecule has 3 rings (SSSR count). The van der Waals surface area contributed by atoms with Crippen LogP contribution in [0.15, 0.2) is 36.4 Å². The summed E-state index contributed by atoms with van der Waals surface area (Å²) in [5, 5.41) is 5.29. The molecule has 1 heterocycles. The van der Waals surface area contributed by atoms with Gasteiger partial charge in [0, 0.05) is 44.4 Å². The number of carbonyl (C=O) groups excluding carboxylic acids is 3. The third-order valence-corrected chi connectivity index (χ3v) is 4.19. The molecule has 1 aliphatic heterocycles. The number of carbonyl (C=O) groups is 3. The van der Waals surface area contributed by atoms with Crippen LogP contribution in [0, 0.1) is 0 Å². The van der Waals surface area contributed by atoms with Crippen molar-refractivity contribution in [2.75, 3.05) is 30.9 Å². The number of rotatable bonds is 5. The molecule has 29 heavy (non-hydrogen) atoms. The van der Waals surface area contributed by atoms with E-state index in [1.807, 2.05) is 18.2 Å². The third kappa shape index (κ3) is 5.25.